The van der Waals surface area contributed by atoms with Crippen molar-refractivity contribution < 1.29 is 4.92 Å². The molecule has 4 aromatic rings. The molecule has 2 aromatic heterocycles. The van der Waals surface area contributed by atoms with Crippen LogP contribution in [0, 0.1) is 10.1 Å². The van der Waals surface area contributed by atoms with Crippen LogP contribution in [-0.4, -0.2) is 19.5 Å². The van der Waals surface area contributed by atoms with Gasteiger partial charge in [-0.3, -0.25) is 14.9 Å². The van der Waals surface area contributed by atoms with Gasteiger partial charge >= 0.3 is 0 Å². The number of nitro benzene ring substituents is 1. The lowest BCUT2D eigenvalue weighted by molar-refractivity contribution is -0.384. The van der Waals surface area contributed by atoms with Crippen LogP contribution in [-0.2, 0) is 0 Å². The fourth-order valence-corrected chi connectivity index (χ4v) is 2.71. The van der Waals surface area contributed by atoms with E-state index >= 15 is 0 Å². The lowest BCUT2D eigenvalue weighted by atomic mass is 10.1. The molecule has 138 valence electrons. The lowest BCUT2D eigenvalue weighted by Gasteiger charge is -2.03. The topological polar surface area (TPSA) is 144 Å². The molecule has 0 saturated carbocycles. The van der Waals surface area contributed by atoms with Gasteiger partial charge in [0.25, 0.3) is 11.2 Å². The number of nitrogens with zero attached hydrogens (tertiary/aromatic N) is 5. The molecule has 0 radical (unpaired) electrons. The largest absolute Gasteiger partial charge is 0.380 e. The van der Waals surface area contributed by atoms with Gasteiger partial charge in [0.1, 0.15) is 0 Å². The van der Waals surface area contributed by atoms with Gasteiger partial charge in [-0.25, -0.2) is 4.52 Å². The zero-order valence-electron chi connectivity index (χ0n) is 14.3. The highest BCUT2D eigenvalue weighted by Gasteiger charge is 2.15. The van der Waals surface area contributed by atoms with E-state index in [4.69, 9.17) is 5.73 Å². The van der Waals surface area contributed by atoms with Crippen LogP contribution in [0.4, 0.5) is 22.9 Å². The third-order valence-electron chi connectivity index (χ3n) is 4.02. The molecule has 0 saturated heterocycles. The number of benzene rings is 2. The molecule has 3 N–H and O–H groups in total. The van der Waals surface area contributed by atoms with Crippen LogP contribution in [0.5, 0.6) is 0 Å². The quantitative estimate of drug-likeness (QED) is 0.318. The predicted octanol–water partition coefficient (Wildman–Crippen LogP) is 3.60. The molecule has 0 amide bonds. The van der Waals surface area contributed by atoms with Crippen LogP contribution < -0.4 is 11.3 Å². The Morgan fingerprint density at radius 2 is 1.79 bits per heavy atom. The second-order valence-corrected chi connectivity index (χ2v) is 5.85. The number of H-pyrrole nitrogens is 1. The van der Waals surface area contributed by atoms with Gasteiger partial charge in [0.2, 0.25) is 0 Å². The number of non-ortho nitro benzene ring substituents is 1. The van der Waals surface area contributed by atoms with Crippen LogP contribution >= 0.6 is 0 Å². The number of nitrogen functional groups attached to an aromatic ring is 1. The van der Waals surface area contributed by atoms with E-state index in [-0.39, 0.29) is 22.8 Å². The first-order valence-electron chi connectivity index (χ1n) is 8.16. The number of anilines is 1. The number of hydrogen-bond donors (Lipinski definition) is 2. The third kappa shape index (κ3) is 3.09. The molecule has 0 aliphatic rings. The first-order valence-corrected chi connectivity index (χ1v) is 8.16. The molecule has 0 atom stereocenters. The zero-order chi connectivity index (χ0) is 19.7. The minimum atomic E-state index is -0.500. The monoisotopic (exact) mass is 375 g/mol. The highest BCUT2D eigenvalue weighted by molar-refractivity contribution is 5.78. The van der Waals surface area contributed by atoms with E-state index in [2.05, 4.69) is 20.3 Å². The number of hydrogen-bond acceptors (Lipinski definition) is 7. The van der Waals surface area contributed by atoms with E-state index in [9.17, 15) is 14.9 Å². The Morgan fingerprint density at radius 3 is 2.46 bits per heavy atom. The summed E-state index contributed by atoms with van der Waals surface area (Å²) in [7, 11) is 0. The van der Waals surface area contributed by atoms with E-state index in [1.54, 1.807) is 0 Å². The van der Waals surface area contributed by atoms with E-state index in [0.29, 0.717) is 17.0 Å². The van der Waals surface area contributed by atoms with Gasteiger partial charge < -0.3 is 10.7 Å². The fraction of sp³-hybridized carbons (Fsp3) is 0. The second kappa shape index (κ2) is 6.76. The SMILES string of the molecule is Nc1nn2c(-c3ccccc3)cc(=O)[nH]c2c1N=Nc1ccc([N+](=O)[O-])cc1. The summed E-state index contributed by atoms with van der Waals surface area (Å²) in [5.74, 6) is 0.0877. The number of aromatic nitrogens is 3. The van der Waals surface area contributed by atoms with Crippen LogP contribution in [0.25, 0.3) is 16.9 Å². The van der Waals surface area contributed by atoms with Crippen molar-refractivity contribution in [2.24, 2.45) is 10.2 Å². The lowest BCUT2D eigenvalue weighted by Crippen LogP contribution is -2.09. The van der Waals surface area contributed by atoms with Crippen LogP contribution in [0.3, 0.4) is 0 Å². The molecule has 0 fully saturated rings. The Hall–Kier alpha value is -4.34. The van der Waals surface area contributed by atoms with Crippen molar-refractivity contribution in [3.63, 3.8) is 0 Å². The summed E-state index contributed by atoms with van der Waals surface area (Å²) in [5.41, 5.74) is 7.84. The molecule has 2 aromatic carbocycles. The normalized spacial score (nSPS) is 11.3. The third-order valence-corrected chi connectivity index (χ3v) is 4.02. The first kappa shape index (κ1) is 17.1. The molecule has 2 heterocycles. The maximum Gasteiger partial charge on any atom is 0.269 e. The van der Waals surface area contributed by atoms with Crippen molar-refractivity contribution >= 4 is 28.5 Å². The van der Waals surface area contributed by atoms with Crippen molar-refractivity contribution in [2.75, 3.05) is 5.73 Å². The molecule has 0 spiro atoms. The number of azo groups is 1. The number of aromatic amines is 1. The number of fused-ring (bicyclic) bond motifs is 1. The molecular formula is C18H13N7O3. The molecule has 0 aliphatic carbocycles. The van der Waals surface area contributed by atoms with E-state index in [1.807, 2.05) is 30.3 Å². The summed E-state index contributed by atoms with van der Waals surface area (Å²) in [5, 5.41) is 23.1. The highest BCUT2D eigenvalue weighted by Crippen LogP contribution is 2.30. The molecule has 0 aliphatic heterocycles. The van der Waals surface area contributed by atoms with Crippen molar-refractivity contribution in [2.45, 2.75) is 0 Å². The van der Waals surface area contributed by atoms with Gasteiger partial charge in [-0.1, -0.05) is 30.3 Å². The van der Waals surface area contributed by atoms with Gasteiger partial charge in [-0.2, -0.15) is 5.11 Å². The van der Waals surface area contributed by atoms with Crippen molar-refractivity contribution in [1.82, 2.24) is 14.6 Å². The maximum absolute atomic E-state index is 12.1. The summed E-state index contributed by atoms with van der Waals surface area (Å²) in [6.07, 6.45) is 0. The number of nitrogens with one attached hydrogen (secondary N) is 1. The van der Waals surface area contributed by atoms with E-state index < -0.39 is 4.92 Å². The van der Waals surface area contributed by atoms with Crippen LogP contribution in [0.15, 0.2) is 75.7 Å². The Bertz CT molecular complexity index is 1260. The number of nitro groups is 1. The molecule has 0 bridgehead atoms. The second-order valence-electron chi connectivity index (χ2n) is 5.85. The van der Waals surface area contributed by atoms with Gasteiger partial charge in [0, 0.05) is 23.8 Å². The van der Waals surface area contributed by atoms with Crippen molar-refractivity contribution in [3.8, 4) is 11.3 Å². The van der Waals surface area contributed by atoms with Crippen molar-refractivity contribution in [1.29, 1.82) is 0 Å². The molecule has 0 unspecified atom stereocenters. The van der Waals surface area contributed by atoms with Crippen LogP contribution in [0.2, 0.25) is 0 Å². The highest BCUT2D eigenvalue weighted by atomic mass is 16.6. The molecular weight excluding hydrogens is 362 g/mol. The Labute approximate surface area is 157 Å². The van der Waals surface area contributed by atoms with Gasteiger partial charge in [-0.05, 0) is 12.1 Å². The summed E-state index contributed by atoms with van der Waals surface area (Å²) < 4.78 is 1.50. The van der Waals surface area contributed by atoms with Crippen LogP contribution in [0.1, 0.15) is 0 Å². The maximum atomic E-state index is 12.1. The number of nitrogens with two attached hydrogens (primary N) is 1. The van der Waals surface area contributed by atoms with Gasteiger partial charge in [0.05, 0.1) is 16.3 Å². The van der Waals surface area contributed by atoms with Crippen molar-refractivity contribution in [3.05, 3.63) is 81.1 Å². The Morgan fingerprint density at radius 1 is 1.07 bits per heavy atom. The molecule has 10 nitrogen and oxygen atoms in total. The predicted molar refractivity (Wildman–Crippen MR) is 103 cm³/mol. The standard InChI is InChI=1S/C18H13N7O3/c19-17-16(22-21-12-6-8-13(9-7-12)25(27)28)18-20-15(26)10-14(24(18)23-17)11-4-2-1-3-5-11/h1-10H,(H2,19,23)(H,20,26). The zero-order valence-corrected chi connectivity index (χ0v) is 14.3. The fourth-order valence-electron chi connectivity index (χ4n) is 2.71. The minimum absolute atomic E-state index is 0.0497. The van der Waals surface area contributed by atoms with E-state index in [0.717, 1.165) is 5.56 Å². The van der Waals surface area contributed by atoms with E-state index in [1.165, 1.54) is 34.8 Å². The molecule has 4 rings (SSSR count). The molecule has 10 heteroatoms. The Kier molecular flexibility index (Phi) is 4.13. The summed E-state index contributed by atoms with van der Waals surface area (Å²) >= 11 is 0. The average Bonchev–Trinajstić information content (AvgIpc) is 3.01. The summed E-state index contributed by atoms with van der Waals surface area (Å²) in [6.45, 7) is 0. The summed E-state index contributed by atoms with van der Waals surface area (Å²) in [4.78, 5) is 25.0. The minimum Gasteiger partial charge on any atom is -0.380 e. The molecule has 28 heavy (non-hydrogen) atoms. The first-order chi connectivity index (χ1) is 13.5. The average molecular weight is 375 g/mol. The Balaban J connectivity index is 1.80. The summed E-state index contributed by atoms with van der Waals surface area (Å²) in [6, 6.07) is 16.3. The van der Waals surface area contributed by atoms with Gasteiger partial charge in [0.15, 0.2) is 17.2 Å². The smallest absolute Gasteiger partial charge is 0.269 e. The van der Waals surface area contributed by atoms with Gasteiger partial charge in [-0.15, -0.1) is 10.2 Å². The number of rotatable bonds is 4.